The Morgan fingerprint density at radius 1 is 1.09 bits per heavy atom. The smallest absolute Gasteiger partial charge is 0.243 e. The molecule has 0 saturated carbocycles. The molecule has 0 unspecified atom stereocenters. The van der Waals surface area contributed by atoms with Gasteiger partial charge in [-0.15, -0.1) is 0 Å². The van der Waals surface area contributed by atoms with E-state index in [2.05, 4.69) is 37.0 Å². The Labute approximate surface area is 206 Å². The summed E-state index contributed by atoms with van der Waals surface area (Å²) in [5.41, 5.74) is 2.64. The number of nitrogens with one attached hydrogen (secondary N) is 2. The number of ether oxygens (including phenoxy) is 1. The van der Waals surface area contributed by atoms with Crippen molar-refractivity contribution in [2.75, 3.05) is 42.9 Å². The summed E-state index contributed by atoms with van der Waals surface area (Å²) in [6.07, 6.45) is 1.25. The summed E-state index contributed by atoms with van der Waals surface area (Å²) < 4.78 is 35.0. The Kier molecular flexibility index (Phi) is 6.44. The van der Waals surface area contributed by atoms with Crippen molar-refractivity contribution >= 4 is 39.7 Å². The minimum absolute atomic E-state index is 0.0532. The number of piperazine rings is 1. The fourth-order valence-electron chi connectivity index (χ4n) is 4.24. The zero-order valence-electron chi connectivity index (χ0n) is 19.4. The predicted octanol–water partition coefficient (Wildman–Crippen LogP) is 5.88. The quantitative estimate of drug-likeness (QED) is 0.346. The molecule has 0 amide bonds. The second-order valence-corrected chi connectivity index (χ2v) is 8.83. The second kappa shape index (κ2) is 9.67. The Hall–Kier alpha value is -3.43. The summed E-state index contributed by atoms with van der Waals surface area (Å²) in [4.78, 5) is 15.8. The van der Waals surface area contributed by atoms with Gasteiger partial charge in [-0.3, -0.25) is 0 Å². The number of H-pyrrole nitrogens is 1. The third-order valence-corrected chi connectivity index (χ3v) is 6.52. The molecule has 1 saturated heterocycles. The van der Waals surface area contributed by atoms with Crippen LogP contribution in [0, 0.1) is 18.6 Å². The van der Waals surface area contributed by atoms with Gasteiger partial charge < -0.3 is 24.8 Å². The molecule has 35 heavy (non-hydrogen) atoms. The topological polar surface area (TPSA) is 69.3 Å². The molecule has 1 fully saturated rings. The van der Waals surface area contributed by atoms with Crippen molar-refractivity contribution in [3.05, 3.63) is 65.1 Å². The van der Waals surface area contributed by atoms with Crippen LogP contribution in [0.15, 0.2) is 42.7 Å². The molecule has 182 valence electrons. The lowest BCUT2D eigenvalue weighted by Gasteiger charge is -2.35. The molecule has 0 aliphatic carbocycles. The van der Waals surface area contributed by atoms with Crippen LogP contribution in [0.5, 0.6) is 11.6 Å². The predicted molar refractivity (Wildman–Crippen MR) is 134 cm³/mol. The highest BCUT2D eigenvalue weighted by Gasteiger charge is 2.20. The zero-order valence-corrected chi connectivity index (χ0v) is 20.2. The number of hydrogen-bond acceptors (Lipinski definition) is 6. The van der Waals surface area contributed by atoms with Gasteiger partial charge in [-0.05, 0) is 43.8 Å². The first-order chi connectivity index (χ1) is 16.9. The standard InChI is InChI=1S/C25H25ClF2N6O/c1-3-33-8-10-34(11-9-33)17-6-4-16(5-7-17)32-24-21(26)25(30-14-29-24)35-20-13-19(27)23-18(22(20)28)12-15(2)31-23/h4-7,12-14,31H,3,8-11H2,1-2H3,(H,29,30,32). The lowest BCUT2D eigenvalue weighted by Crippen LogP contribution is -2.46. The van der Waals surface area contributed by atoms with Gasteiger partial charge in [0.2, 0.25) is 5.88 Å². The van der Waals surface area contributed by atoms with Gasteiger partial charge in [0.05, 0.1) is 5.52 Å². The monoisotopic (exact) mass is 498 g/mol. The average molecular weight is 499 g/mol. The number of likely N-dealkylation sites (N-methyl/N-ethyl adjacent to an activating group) is 1. The Bertz CT molecular complexity index is 1350. The van der Waals surface area contributed by atoms with Crippen molar-refractivity contribution < 1.29 is 13.5 Å². The van der Waals surface area contributed by atoms with E-state index in [1.807, 2.05) is 24.3 Å². The Morgan fingerprint density at radius 2 is 1.83 bits per heavy atom. The number of hydrogen-bond donors (Lipinski definition) is 2. The van der Waals surface area contributed by atoms with Crippen LogP contribution in [0.2, 0.25) is 5.02 Å². The van der Waals surface area contributed by atoms with Gasteiger partial charge >= 0.3 is 0 Å². The molecular weight excluding hydrogens is 474 g/mol. The molecule has 0 spiro atoms. The van der Waals surface area contributed by atoms with Crippen LogP contribution in [0.25, 0.3) is 10.9 Å². The lowest BCUT2D eigenvalue weighted by atomic mass is 10.2. The van der Waals surface area contributed by atoms with Gasteiger partial charge in [0.15, 0.2) is 23.2 Å². The molecule has 2 aromatic carbocycles. The van der Waals surface area contributed by atoms with Gasteiger partial charge in [0, 0.05) is 54.7 Å². The van der Waals surface area contributed by atoms with Gasteiger partial charge in [0.1, 0.15) is 11.3 Å². The molecule has 7 nitrogen and oxygen atoms in total. The maximum Gasteiger partial charge on any atom is 0.243 e. The molecule has 4 aromatic rings. The molecule has 0 bridgehead atoms. The van der Waals surface area contributed by atoms with Gasteiger partial charge in [-0.2, -0.15) is 4.98 Å². The number of fused-ring (bicyclic) bond motifs is 1. The summed E-state index contributed by atoms with van der Waals surface area (Å²) in [6.45, 7) is 9.06. The van der Waals surface area contributed by atoms with E-state index in [1.54, 1.807) is 6.92 Å². The summed E-state index contributed by atoms with van der Waals surface area (Å²) in [5.74, 6) is -1.44. The van der Waals surface area contributed by atoms with Crippen molar-refractivity contribution in [1.29, 1.82) is 0 Å². The van der Waals surface area contributed by atoms with Crippen LogP contribution in [0.1, 0.15) is 12.6 Å². The van der Waals surface area contributed by atoms with Crippen LogP contribution in [-0.4, -0.2) is 52.6 Å². The third kappa shape index (κ3) is 4.74. The molecule has 0 radical (unpaired) electrons. The van der Waals surface area contributed by atoms with Crippen molar-refractivity contribution in [3.8, 4) is 11.6 Å². The number of rotatable bonds is 6. The number of anilines is 3. The molecule has 1 aliphatic heterocycles. The van der Waals surface area contributed by atoms with Crippen LogP contribution < -0.4 is 15.0 Å². The average Bonchev–Trinajstić information content (AvgIpc) is 3.28. The molecule has 2 aromatic heterocycles. The summed E-state index contributed by atoms with van der Waals surface area (Å²) in [7, 11) is 0. The van der Waals surface area contributed by atoms with E-state index < -0.39 is 11.6 Å². The highest BCUT2D eigenvalue weighted by atomic mass is 35.5. The SMILES string of the molecule is CCN1CCN(c2ccc(Nc3ncnc(Oc4cc(F)c5[nH]c(C)cc5c4F)c3Cl)cc2)CC1. The largest absolute Gasteiger partial charge is 0.434 e. The van der Waals surface area contributed by atoms with Gasteiger partial charge in [0.25, 0.3) is 0 Å². The first-order valence-electron chi connectivity index (χ1n) is 11.4. The van der Waals surface area contributed by atoms with Crippen molar-refractivity contribution in [2.45, 2.75) is 13.8 Å². The molecule has 5 rings (SSSR count). The van der Waals surface area contributed by atoms with Gasteiger partial charge in [-0.25, -0.2) is 13.8 Å². The van der Waals surface area contributed by atoms with Crippen molar-refractivity contribution in [3.63, 3.8) is 0 Å². The minimum Gasteiger partial charge on any atom is -0.434 e. The Balaban J connectivity index is 1.33. The summed E-state index contributed by atoms with van der Waals surface area (Å²) >= 11 is 6.46. The van der Waals surface area contributed by atoms with Crippen molar-refractivity contribution in [1.82, 2.24) is 19.9 Å². The van der Waals surface area contributed by atoms with E-state index in [0.717, 1.165) is 50.2 Å². The molecular formula is C25H25ClF2N6O. The van der Waals surface area contributed by atoms with E-state index >= 15 is 0 Å². The molecule has 3 heterocycles. The van der Waals surface area contributed by atoms with Crippen LogP contribution in [0.4, 0.5) is 26.0 Å². The third-order valence-electron chi connectivity index (χ3n) is 6.18. The number of aromatic nitrogens is 3. The van der Waals surface area contributed by atoms with E-state index in [0.29, 0.717) is 11.5 Å². The fraction of sp³-hybridized carbons (Fsp3) is 0.280. The molecule has 0 atom stereocenters. The first-order valence-corrected chi connectivity index (χ1v) is 11.8. The molecule has 2 N–H and O–H groups in total. The van der Waals surface area contributed by atoms with Crippen LogP contribution in [0.3, 0.4) is 0 Å². The van der Waals surface area contributed by atoms with E-state index in [-0.39, 0.29) is 27.6 Å². The molecule has 1 aliphatic rings. The normalized spacial score (nSPS) is 14.5. The van der Waals surface area contributed by atoms with E-state index in [4.69, 9.17) is 16.3 Å². The lowest BCUT2D eigenvalue weighted by molar-refractivity contribution is 0.271. The number of aryl methyl sites for hydroxylation is 1. The maximum atomic E-state index is 14.9. The van der Waals surface area contributed by atoms with E-state index in [1.165, 1.54) is 12.4 Å². The fourth-order valence-corrected chi connectivity index (χ4v) is 4.42. The minimum atomic E-state index is -0.703. The maximum absolute atomic E-state index is 14.9. The number of halogens is 3. The highest BCUT2D eigenvalue weighted by molar-refractivity contribution is 6.34. The first kappa shape index (κ1) is 23.3. The van der Waals surface area contributed by atoms with Gasteiger partial charge in [-0.1, -0.05) is 18.5 Å². The van der Waals surface area contributed by atoms with E-state index in [9.17, 15) is 8.78 Å². The van der Waals surface area contributed by atoms with Crippen LogP contribution >= 0.6 is 11.6 Å². The van der Waals surface area contributed by atoms with Crippen LogP contribution in [-0.2, 0) is 0 Å². The molecule has 10 heteroatoms. The second-order valence-electron chi connectivity index (χ2n) is 8.45. The Morgan fingerprint density at radius 3 is 2.54 bits per heavy atom. The summed E-state index contributed by atoms with van der Waals surface area (Å²) in [5, 5.41) is 3.29. The number of benzene rings is 2. The van der Waals surface area contributed by atoms with Crippen molar-refractivity contribution in [2.24, 2.45) is 0 Å². The zero-order chi connectivity index (χ0) is 24.5. The number of nitrogens with zero attached hydrogens (tertiary/aromatic N) is 4. The highest BCUT2D eigenvalue weighted by Crippen LogP contribution is 2.37. The number of aromatic amines is 1. The summed E-state index contributed by atoms with van der Waals surface area (Å²) in [6, 6.07) is 10.5.